The number of hydrogen-bond acceptors (Lipinski definition) is 5. The Hall–Kier alpha value is -2.16. The molecule has 2 aliphatic heterocycles. The summed E-state index contributed by atoms with van der Waals surface area (Å²) in [5.41, 5.74) is 1.63. The van der Waals surface area contributed by atoms with Gasteiger partial charge in [0.05, 0.1) is 6.04 Å². The number of halogens is 4. The fourth-order valence-electron chi connectivity index (χ4n) is 3.52. The number of benzene rings is 2. The minimum atomic E-state index is -4.72. The van der Waals surface area contributed by atoms with Crippen LogP contribution in [0.3, 0.4) is 0 Å². The summed E-state index contributed by atoms with van der Waals surface area (Å²) >= 11 is 6.54. The number of alkyl halides is 3. The molecule has 5 nitrogen and oxygen atoms in total. The highest BCUT2D eigenvalue weighted by Crippen LogP contribution is 2.42. The molecule has 1 atom stereocenters. The summed E-state index contributed by atoms with van der Waals surface area (Å²) in [6.07, 6.45) is -4.72. The molecule has 150 valence electrons. The smallest absolute Gasteiger partial charge is 0.454 e. The minimum Gasteiger partial charge on any atom is -0.454 e. The van der Waals surface area contributed by atoms with Crippen molar-refractivity contribution in [3.05, 3.63) is 52.5 Å². The average Bonchev–Trinajstić information content (AvgIpc) is 3.10. The molecule has 1 fully saturated rings. The Morgan fingerprint density at radius 1 is 1.04 bits per heavy atom. The van der Waals surface area contributed by atoms with Gasteiger partial charge < -0.3 is 19.5 Å². The molecular formula is C19H18ClF3N2O3. The van der Waals surface area contributed by atoms with E-state index in [9.17, 15) is 13.2 Å². The molecule has 28 heavy (non-hydrogen) atoms. The second kappa shape index (κ2) is 7.69. The van der Waals surface area contributed by atoms with Gasteiger partial charge in [0, 0.05) is 37.3 Å². The van der Waals surface area contributed by atoms with E-state index in [1.807, 2.05) is 6.07 Å². The van der Waals surface area contributed by atoms with Crippen molar-refractivity contribution in [2.24, 2.45) is 0 Å². The molecule has 0 spiro atoms. The lowest BCUT2D eigenvalue weighted by Crippen LogP contribution is -2.45. The molecule has 4 rings (SSSR count). The Morgan fingerprint density at radius 2 is 1.68 bits per heavy atom. The third kappa shape index (κ3) is 4.14. The van der Waals surface area contributed by atoms with Crippen molar-refractivity contribution in [3.63, 3.8) is 0 Å². The number of hydrogen-bond donors (Lipinski definition) is 1. The predicted octanol–water partition coefficient (Wildman–Crippen LogP) is 3.96. The van der Waals surface area contributed by atoms with Gasteiger partial charge >= 0.3 is 6.36 Å². The first kappa shape index (κ1) is 19.2. The molecule has 9 heteroatoms. The van der Waals surface area contributed by atoms with Crippen molar-refractivity contribution in [2.75, 3.05) is 33.0 Å². The normalized spacial score (nSPS) is 18.1. The van der Waals surface area contributed by atoms with Crippen molar-refractivity contribution < 1.29 is 27.4 Å². The molecule has 0 bridgehead atoms. The lowest BCUT2D eigenvalue weighted by Gasteiger charge is -2.36. The zero-order valence-corrected chi connectivity index (χ0v) is 15.5. The van der Waals surface area contributed by atoms with Crippen LogP contribution in [0.1, 0.15) is 17.2 Å². The summed E-state index contributed by atoms with van der Waals surface area (Å²) in [5, 5.41) is 3.82. The molecule has 2 heterocycles. The van der Waals surface area contributed by atoms with E-state index in [1.165, 1.54) is 12.1 Å². The number of piperazine rings is 1. The summed E-state index contributed by atoms with van der Waals surface area (Å²) in [6, 6.07) is 9.23. The highest BCUT2D eigenvalue weighted by atomic mass is 35.5. The quantitative estimate of drug-likeness (QED) is 0.820. The maximum atomic E-state index is 12.5. The summed E-state index contributed by atoms with van der Waals surface area (Å²) in [6.45, 7) is 3.31. The van der Waals surface area contributed by atoms with Crippen LogP contribution in [0, 0.1) is 0 Å². The number of nitrogens with one attached hydrogen (secondary N) is 1. The maximum absolute atomic E-state index is 12.5. The Balaban J connectivity index is 1.70. The molecule has 0 aliphatic carbocycles. The lowest BCUT2D eigenvalue weighted by molar-refractivity contribution is -0.274. The Labute approximate surface area is 164 Å². The van der Waals surface area contributed by atoms with Crippen molar-refractivity contribution in [3.8, 4) is 17.2 Å². The summed E-state index contributed by atoms with van der Waals surface area (Å²) in [4.78, 5) is 2.24. The van der Waals surface area contributed by atoms with Gasteiger partial charge in [-0.2, -0.15) is 0 Å². The van der Waals surface area contributed by atoms with E-state index >= 15 is 0 Å². The van der Waals surface area contributed by atoms with Crippen LogP contribution < -0.4 is 19.5 Å². The van der Waals surface area contributed by atoms with Crippen LogP contribution in [0.4, 0.5) is 13.2 Å². The van der Waals surface area contributed by atoms with Crippen LogP contribution >= 0.6 is 11.6 Å². The van der Waals surface area contributed by atoms with Crippen molar-refractivity contribution in [2.45, 2.75) is 12.4 Å². The number of nitrogens with zero attached hydrogens (tertiary/aromatic N) is 1. The number of fused-ring (bicyclic) bond motifs is 1. The number of ether oxygens (including phenoxy) is 3. The molecule has 2 aromatic carbocycles. The van der Waals surface area contributed by atoms with E-state index in [4.69, 9.17) is 21.1 Å². The van der Waals surface area contributed by atoms with Crippen LogP contribution in [0.25, 0.3) is 0 Å². The second-order valence-electron chi connectivity index (χ2n) is 6.53. The zero-order chi connectivity index (χ0) is 19.7. The van der Waals surface area contributed by atoms with Crippen LogP contribution in [0.2, 0.25) is 5.02 Å². The SMILES string of the molecule is FC(F)(F)Oc1ccc([C@@H](c2cc3c(cc2Cl)OCO3)N2CCNCC2)cc1. The molecule has 0 aromatic heterocycles. The van der Waals surface area contributed by atoms with Crippen molar-refractivity contribution in [1.29, 1.82) is 0 Å². The highest BCUT2D eigenvalue weighted by Gasteiger charge is 2.32. The van der Waals surface area contributed by atoms with Gasteiger partial charge in [0.25, 0.3) is 0 Å². The molecule has 0 unspecified atom stereocenters. The van der Waals surface area contributed by atoms with Crippen LogP contribution in [-0.4, -0.2) is 44.2 Å². The monoisotopic (exact) mass is 414 g/mol. The van der Waals surface area contributed by atoms with Gasteiger partial charge in [0.2, 0.25) is 6.79 Å². The van der Waals surface area contributed by atoms with Gasteiger partial charge in [-0.1, -0.05) is 23.7 Å². The van der Waals surface area contributed by atoms with E-state index in [-0.39, 0.29) is 18.6 Å². The van der Waals surface area contributed by atoms with E-state index in [1.54, 1.807) is 18.2 Å². The van der Waals surface area contributed by atoms with Crippen molar-refractivity contribution >= 4 is 11.6 Å². The number of rotatable bonds is 4. The third-order valence-corrected chi connectivity index (χ3v) is 5.06. The topological polar surface area (TPSA) is 43.0 Å². The fraction of sp³-hybridized carbons (Fsp3) is 0.368. The first-order valence-corrected chi connectivity index (χ1v) is 9.18. The van der Waals surface area contributed by atoms with Gasteiger partial charge in [-0.05, 0) is 29.3 Å². The Morgan fingerprint density at radius 3 is 2.32 bits per heavy atom. The van der Waals surface area contributed by atoms with Gasteiger partial charge in [-0.25, -0.2) is 0 Å². The highest BCUT2D eigenvalue weighted by molar-refractivity contribution is 6.31. The van der Waals surface area contributed by atoms with Crippen LogP contribution in [0.5, 0.6) is 17.2 Å². The van der Waals surface area contributed by atoms with Gasteiger partial charge in [0.1, 0.15) is 5.75 Å². The largest absolute Gasteiger partial charge is 0.573 e. The first-order chi connectivity index (χ1) is 13.4. The average molecular weight is 415 g/mol. The molecule has 1 saturated heterocycles. The lowest BCUT2D eigenvalue weighted by atomic mass is 9.95. The van der Waals surface area contributed by atoms with Crippen LogP contribution in [0.15, 0.2) is 36.4 Å². The summed E-state index contributed by atoms with van der Waals surface area (Å²) in [7, 11) is 0. The molecule has 2 aromatic rings. The van der Waals surface area contributed by atoms with Crippen LogP contribution in [-0.2, 0) is 0 Å². The Kier molecular flexibility index (Phi) is 5.27. The van der Waals surface area contributed by atoms with E-state index in [2.05, 4.69) is 15.0 Å². The molecular weight excluding hydrogens is 397 g/mol. The van der Waals surface area contributed by atoms with Crippen molar-refractivity contribution in [1.82, 2.24) is 10.2 Å². The summed E-state index contributed by atoms with van der Waals surface area (Å²) in [5.74, 6) is 0.936. The second-order valence-corrected chi connectivity index (χ2v) is 6.94. The third-order valence-electron chi connectivity index (χ3n) is 4.73. The van der Waals surface area contributed by atoms with Gasteiger partial charge in [0.15, 0.2) is 11.5 Å². The maximum Gasteiger partial charge on any atom is 0.573 e. The standard InChI is InChI=1S/C19H18ClF3N2O3/c20-15-10-17-16(26-11-27-17)9-14(15)18(25-7-5-24-6-8-25)12-1-3-13(4-2-12)28-19(21,22)23/h1-4,9-10,18,24H,5-8,11H2/t18-/m0/s1. The molecule has 0 radical (unpaired) electrons. The molecule has 2 aliphatic rings. The summed E-state index contributed by atoms with van der Waals surface area (Å²) < 4.78 is 52.2. The van der Waals surface area contributed by atoms with E-state index in [0.717, 1.165) is 37.3 Å². The van der Waals surface area contributed by atoms with Gasteiger partial charge in [-0.3, -0.25) is 4.90 Å². The first-order valence-electron chi connectivity index (χ1n) is 8.80. The Bertz CT molecular complexity index is 840. The zero-order valence-electron chi connectivity index (χ0n) is 14.8. The molecule has 0 saturated carbocycles. The van der Waals surface area contributed by atoms with E-state index < -0.39 is 6.36 Å². The van der Waals surface area contributed by atoms with E-state index in [0.29, 0.717) is 16.5 Å². The fourth-order valence-corrected chi connectivity index (χ4v) is 3.78. The molecule has 1 N–H and O–H groups in total. The van der Waals surface area contributed by atoms with Gasteiger partial charge in [-0.15, -0.1) is 13.2 Å². The molecule has 0 amide bonds. The minimum absolute atomic E-state index is 0.136. The predicted molar refractivity (Wildman–Crippen MR) is 97.0 cm³/mol.